The Balaban J connectivity index is 3.80. The summed E-state index contributed by atoms with van der Waals surface area (Å²) in [6.45, 7) is 4.72. The summed E-state index contributed by atoms with van der Waals surface area (Å²) < 4.78 is 4.12. The molecule has 0 aromatic rings. The highest BCUT2D eigenvalue weighted by Gasteiger charge is 2.18. The lowest BCUT2D eigenvalue weighted by molar-refractivity contribution is -0.150. The van der Waals surface area contributed by atoms with Gasteiger partial charge in [-0.25, -0.2) is 0 Å². The second-order valence-corrected chi connectivity index (χ2v) is 4.63. The van der Waals surface area contributed by atoms with E-state index in [0.29, 0.717) is 0 Å². The number of esters is 1. The number of hydrogen-bond acceptors (Lipinski definition) is 3. The molecule has 0 spiro atoms. The fraction of sp³-hybridized carbons (Fsp3) is 0.714. The van der Waals surface area contributed by atoms with E-state index in [1.54, 1.807) is 13.8 Å². The number of halogens is 1. The first-order valence-electron chi connectivity index (χ1n) is 3.21. The second kappa shape index (κ2) is 3.85. The molecule has 3 nitrogen and oxygen atoms in total. The molecule has 0 aliphatic rings. The fourth-order valence-corrected chi connectivity index (χ4v) is 0.691. The molecule has 11 heavy (non-hydrogen) atoms. The van der Waals surface area contributed by atoms with Crippen molar-refractivity contribution in [1.82, 2.24) is 0 Å². The van der Waals surface area contributed by atoms with Gasteiger partial charge in [0.2, 0.25) is 0 Å². The Bertz CT molecular complexity index is 169. The van der Waals surface area contributed by atoms with Crippen LogP contribution in [0.3, 0.4) is 0 Å². The van der Waals surface area contributed by atoms with Crippen molar-refractivity contribution in [3.63, 3.8) is 0 Å². The quantitative estimate of drug-likeness (QED) is 0.415. The van der Waals surface area contributed by atoms with Crippen LogP contribution >= 0.6 is 15.9 Å². The van der Waals surface area contributed by atoms with E-state index in [2.05, 4.69) is 15.9 Å². The summed E-state index contributed by atoms with van der Waals surface area (Å²) in [5.74, 6) is -0.689. The minimum Gasteiger partial charge on any atom is -0.448 e. The van der Waals surface area contributed by atoms with Crippen LogP contribution in [0.1, 0.15) is 27.2 Å². The minimum atomic E-state index is -0.681. The van der Waals surface area contributed by atoms with E-state index >= 15 is 0 Å². The molecule has 0 heterocycles. The zero-order chi connectivity index (χ0) is 9.07. The molecule has 0 rings (SSSR count). The van der Waals surface area contributed by atoms with Crippen molar-refractivity contribution in [2.75, 3.05) is 0 Å². The SMILES string of the molecule is CC(=O)CC(=O)OC(C)(C)Br. The van der Waals surface area contributed by atoms with Crippen LogP contribution in [0.4, 0.5) is 0 Å². The highest BCUT2D eigenvalue weighted by Crippen LogP contribution is 2.17. The molecule has 4 heteroatoms. The Morgan fingerprint density at radius 3 is 2.18 bits per heavy atom. The Morgan fingerprint density at radius 1 is 1.45 bits per heavy atom. The van der Waals surface area contributed by atoms with Crippen molar-refractivity contribution in [3.8, 4) is 0 Å². The van der Waals surface area contributed by atoms with Crippen molar-refractivity contribution in [2.45, 2.75) is 31.7 Å². The summed E-state index contributed by atoms with van der Waals surface area (Å²) in [6.07, 6.45) is -0.158. The van der Waals surface area contributed by atoms with Crippen molar-refractivity contribution in [1.29, 1.82) is 0 Å². The van der Waals surface area contributed by atoms with Gasteiger partial charge in [0.25, 0.3) is 0 Å². The second-order valence-electron chi connectivity index (χ2n) is 2.72. The van der Waals surface area contributed by atoms with Gasteiger partial charge >= 0.3 is 5.97 Å². The van der Waals surface area contributed by atoms with Gasteiger partial charge in [-0.15, -0.1) is 0 Å². The van der Waals surface area contributed by atoms with E-state index in [1.807, 2.05) is 0 Å². The average molecular weight is 223 g/mol. The molecule has 0 atom stereocenters. The molecule has 0 unspecified atom stereocenters. The van der Waals surface area contributed by atoms with Gasteiger partial charge in [-0.1, -0.05) is 0 Å². The molecule has 0 saturated carbocycles. The normalized spacial score (nSPS) is 10.9. The van der Waals surface area contributed by atoms with E-state index in [9.17, 15) is 9.59 Å². The molecule has 64 valence electrons. The van der Waals surface area contributed by atoms with Gasteiger partial charge in [0, 0.05) is 0 Å². The highest BCUT2D eigenvalue weighted by molar-refractivity contribution is 9.10. The summed E-state index contributed by atoms with van der Waals surface area (Å²) in [6, 6.07) is 0. The lowest BCUT2D eigenvalue weighted by atomic mass is 10.3. The minimum absolute atomic E-state index is 0.158. The zero-order valence-electron chi connectivity index (χ0n) is 6.81. The molecule has 0 amide bonds. The molecule has 0 aliphatic heterocycles. The number of ketones is 1. The molecule has 0 aromatic carbocycles. The van der Waals surface area contributed by atoms with Crippen molar-refractivity contribution in [3.05, 3.63) is 0 Å². The molecular formula is C7H11BrO3. The summed E-state index contributed by atoms with van der Waals surface area (Å²) in [5.41, 5.74) is 0. The van der Waals surface area contributed by atoms with E-state index in [1.165, 1.54) is 6.92 Å². The number of ether oxygens (including phenoxy) is 1. The van der Waals surface area contributed by atoms with Gasteiger partial charge in [-0.05, 0) is 36.7 Å². The summed E-state index contributed by atoms with van der Waals surface area (Å²) in [5, 5.41) is 0. The Kier molecular flexibility index (Phi) is 3.72. The third-order valence-corrected chi connectivity index (χ3v) is 0.912. The maximum atomic E-state index is 10.8. The van der Waals surface area contributed by atoms with Gasteiger partial charge in [-0.2, -0.15) is 0 Å². The molecule has 0 N–H and O–H groups in total. The third kappa shape index (κ3) is 7.52. The highest BCUT2D eigenvalue weighted by atomic mass is 79.9. The number of carbonyl (C=O) groups excluding carboxylic acids is 2. The van der Waals surface area contributed by atoms with E-state index in [0.717, 1.165) is 0 Å². The lowest BCUT2D eigenvalue weighted by Crippen LogP contribution is -2.21. The standard InChI is InChI=1S/C7H11BrO3/c1-5(9)4-6(10)11-7(2,3)8/h4H2,1-3H3. The molecule has 0 radical (unpaired) electrons. The first kappa shape index (κ1) is 10.6. The maximum Gasteiger partial charge on any atom is 0.314 e. The Hall–Kier alpha value is -0.380. The Labute approximate surface area is 74.2 Å². The summed E-state index contributed by atoms with van der Waals surface area (Å²) in [4.78, 5) is 21.2. The largest absolute Gasteiger partial charge is 0.448 e. The molecule has 0 bridgehead atoms. The van der Waals surface area contributed by atoms with Crippen LogP contribution in [-0.4, -0.2) is 16.3 Å². The molecule has 0 aliphatic carbocycles. The maximum absolute atomic E-state index is 10.8. The third-order valence-electron chi connectivity index (χ3n) is 0.750. The monoisotopic (exact) mass is 222 g/mol. The van der Waals surface area contributed by atoms with Crippen LogP contribution in [0.15, 0.2) is 0 Å². The van der Waals surface area contributed by atoms with Crippen LogP contribution in [0, 0.1) is 0 Å². The van der Waals surface area contributed by atoms with Crippen molar-refractivity contribution in [2.24, 2.45) is 0 Å². The first-order valence-corrected chi connectivity index (χ1v) is 4.01. The summed E-state index contributed by atoms with van der Waals surface area (Å²) >= 11 is 3.11. The van der Waals surface area contributed by atoms with Crippen molar-refractivity contribution < 1.29 is 14.3 Å². The van der Waals surface area contributed by atoms with Crippen molar-refractivity contribution >= 4 is 27.7 Å². The lowest BCUT2D eigenvalue weighted by Gasteiger charge is -2.16. The van der Waals surface area contributed by atoms with Gasteiger partial charge in [0.15, 0.2) is 4.51 Å². The van der Waals surface area contributed by atoms with Crippen LogP contribution in [0.25, 0.3) is 0 Å². The topological polar surface area (TPSA) is 43.4 Å². The van der Waals surface area contributed by atoms with E-state index in [-0.39, 0.29) is 12.2 Å². The number of hydrogen-bond donors (Lipinski definition) is 0. The first-order chi connectivity index (χ1) is 4.81. The smallest absolute Gasteiger partial charge is 0.314 e. The van der Waals surface area contributed by atoms with Gasteiger partial charge in [-0.3, -0.25) is 9.59 Å². The predicted molar refractivity (Wildman–Crippen MR) is 44.4 cm³/mol. The number of carbonyl (C=O) groups is 2. The average Bonchev–Trinajstić information content (AvgIpc) is 1.53. The number of alkyl halides is 1. The molecule has 0 saturated heterocycles. The van der Waals surface area contributed by atoms with E-state index in [4.69, 9.17) is 4.74 Å². The number of rotatable bonds is 3. The van der Waals surface area contributed by atoms with Crippen LogP contribution in [0.2, 0.25) is 0 Å². The fourth-order valence-electron chi connectivity index (χ4n) is 0.510. The van der Waals surface area contributed by atoms with Gasteiger partial charge in [0.05, 0.1) is 0 Å². The molecular weight excluding hydrogens is 212 g/mol. The van der Waals surface area contributed by atoms with Gasteiger partial charge < -0.3 is 4.74 Å². The van der Waals surface area contributed by atoms with E-state index < -0.39 is 10.5 Å². The Morgan fingerprint density at radius 2 is 1.91 bits per heavy atom. The zero-order valence-corrected chi connectivity index (χ0v) is 8.40. The number of Topliss-reactive ketones (excluding diaryl/α,β-unsaturated/α-hetero) is 1. The molecule has 0 fully saturated rings. The van der Waals surface area contributed by atoms with Crippen LogP contribution in [0.5, 0.6) is 0 Å². The molecule has 0 aromatic heterocycles. The van der Waals surface area contributed by atoms with Gasteiger partial charge in [0.1, 0.15) is 12.2 Å². The van der Waals surface area contributed by atoms with Crippen LogP contribution in [-0.2, 0) is 14.3 Å². The van der Waals surface area contributed by atoms with Crippen LogP contribution < -0.4 is 0 Å². The predicted octanol–water partition coefficient (Wildman–Crippen LogP) is 1.64. The summed E-state index contributed by atoms with van der Waals surface area (Å²) in [7, 11) is 0.